The molecule has 1 N–H and O–H groups in total. The van der Waals surface area contributed by atoms with E-state index < -0.39 is 9.84 Å². The Morgan fingerprint density at radius 2 is 1.88 bits per heavy atom. The van der Waals surface area contributed by atoms with Crippen molar-refractivity contribution in [3.05, 3.63) is 57.9 Å². The normalized spacial score (nSPS) is 18.1. The molecule has 0 radical (unpaired) electrons. The fourth-order valence-corrected chi connectivity index (χ4v) is 6.86. The van der Waals surface area contributed by atoms with Crippen LogP contribution >= 0.6 is 0 Å². The Labute approximate surface area is 190 Å². The molecular weight excluding hydrogens is 440 g/mol. The maximum absolute atomic E-state index is 13.4. The van der Waals surface area contributed by atoms with Crippen LogP contribution in [-0.4, -0.2) is 65.4 Å². The molecule has 2 aliphatic rings. The Hall–Kier alpha value is -3.24. The van der Waals surface area contributed by atoms with E-state index >= 15 is 0 Å². The smallest absolute Gasteiger partial charge is 0.259 e. The molecule has 2 aliphatic heterocycles. The molecular formula is C23H24N6O3S. The number of sulfone groups is 1. The quantitative estimate of drug-likeness (QED) is 0.494. The number of hydrogen-bond donors (Lipinski definition) is 1. The van der Waals surface area contributed by atoms with E-state index in [0.717, 1.165) is 37.3 Å². The van der Waals surface area contributed by atoms with Crippen molar-refractivity contribution in [3.8, 4) is 0 Å². The predicted octanol–water partition coefficient (Wildman–Crippen LogP) is 1.91. The lowest BCUT2D eigenvalue weighted by Gasteiger charge is -2.63. The number of H-pyrrole nitrogens is 1. The van der Waals surface area contributed by atoms with Crippen molar-refractivity contribution in [1.82, 2.24) is 24.7 Å². The van der Waals surface area contributed by atoms with Crippen LogP contribution in [0, 0.1) is 13.8 Å². The van der Waals surface area contributed by atoms with Crippen molar-refractivity contribution in [2.45, 2.75) is 35.7 Å². The first-order valence-electron chi connectivity index (χ1n) is 10.9. The van der Waals surface area contributed by atoms with Gasteiger partial charge in [0.05, 0.1) is 21.3 Å². The van der Waals surface area contributed by atoms with Gasteiger partial charge in [-0.3, -0.25) is 4.79 Å². The molecule has 2 aromatic heterocycles. The molecule has 0 amide bonds. The van der Waals surface area contributed by atoms with Crippen LogP contribution in [0.15, 0.2) is 51.1 Å². The molecule has 0 atom stereocenters. The minimum absolute atomic E-state index is 0.0753. The first kappa shape index (κ1) is 20.4. The summed E-state index contributed by atoms with van der Waals surface area (Å²) in [6.07, 6.45) is 1.14. The lowest BCUT2D eigenvalue weighted by molar-refractivity contribution is 0.0469. The molecule has 0 saturated carbocycles. The molecule has 0 unspecified atom stereocenters. The molecule has 1 spiro atoms. The molecule has 4 heterocycles. The third-order valence-corrected chi connectivity index (χ3v) is 8.83. The third-order valence-electron chi connectivity index (χ3n) is 7.01. The maximum atomic E-state index is 13.4. The molecule has 170 valence electrons. The number of rotatable bonds is 3. The Bertz CT molecular complexity index is 1610. The van der Waals surface area contributed by atoms with Gasteiger partial charge >= 0.3 is 0 Å². The number of hydrogen-bond acceptors (Lipinski definition) is 7. The summed E-state index contributed by atoms with van der Waals surface area (Å²) >= 11 is 0. The molecule has 0 aliphatic carbocycles. The molecule has 0 bridgehead atoms. The molecule has 33 heavy (non-hydrogen) atoms. The summed E-state index contributed by atoms with van der Waals surface area (Å²) in [5, 5.41) is 8.34. The number of likely N-dealkylation sites (tertiary alicyclic amines) is 1. The van der Waals surface area contributed by atoms with Gasteiger partial charge in [-0.05, 0) is 57.1 Å². The second kappa shape index (κ2) is 6.64. The first-order valence-corrected chi connectivity index (χ1v) is 12.4. The highest BCUT2D eigenvalue weighted by Crippen LogP contribution is 2.42. The largest absolute Gasteiger partial charge is 0.363 e. The zero-order chi connectivity index (χ0) is 23.1. The van der Waals surface area contributed by atoms with Gasteiger partial charge in [0.2, 0.25) is 14.9 Å². The van der Waals surface area contributed by atoms with E-state index in [-0.39, 0.29) is 26.7 Å². The number of nitrogens with one attached hydrogen (secondary N) is 1. The average Bonchev–Trinajstić information content (AvgIpc) is 3.15. The topological polar surface area (TPSA) is 104 Å². The fraction of sp³-hybridized carbons (Fsp3) is 0.348. The molecule has 2 fully saturated rings. The van der Waals surface area contributed by atoms with Gasteiger partial charge in [0.25, 0.3) is 5.56 Å². The van der Waals surface area contributed by atoms with E-state index in [0.29, 0.717) is 16.5 Å². The van der Waals surface area contributed by atoms with Crippen molar-refractivity contribution in [2.75, 3.05) is 31.6 Å². The monoisotopic (exact) mass is 464 g/mol. The lowest BCUT2D eigenvalue weighted by atomic mass is 9.77. The van der Waals surface area contributed by atoms with Gasteiger partial charge < -0.3 is 14.8 Å². The first-order chi connectivity index (χ1) is 15.7. The number of benzene rings is 2. The number of aromatic nitrogens is 4. The molecule has 6 rings (SSSR count). The highest BCUT2D eigenvalue weighted by atomic mass is 32.2. The molecule has 2 aromatic carbocycles. The Balaban J connectivity index is 1.52. The van der Waals surface area contributed by atoms with Crippen LogP contribution in [0.3, 0.4) is 0 Å². The summed E-state index contributed by atoms with van der Waals surface area (Å²) in [4.78, 5) is 20.4. The summed E-state index contributed by atoms with van der Waals surface area (Å²) in [6, 6.07) is 10.8. The van der Waals surface area contributed by atoms with Gasteiger partial charge in [-0.15, -0.1) is 5.10 Å². The Morgan fingerprint density at radius 1 is 1.09 bits per heavy atom. The summed E-state index contributed by atoms with van der Waals surface area (Å²) in [7, 11) is -1.87. The summed E-state index contributed by atoms with van der Waals surface area (Å²) < 4.78 is 28.3. The van der Waals surface area contributed by atoms with E-state index in [2.05, 4.69) is 32.1 Å². The lowest BCUT2D eigenvalue weighted by Crippen LogP contribution is -2.76. The number of fused-ring (bicyclic) bond motifs is 3. The number of aryl methyl sites for hydroxylation is 2. The summed E-state index contributed by atoms with van der Waals surface area (Å²) in [6.45, 7) is 6.63. The van der Waals surface area contributed by atoms with Crippen molar-refractivity contribution in [3.63, 3.8) is 0 Å². The number of nitrogens with zero attached hydrogens (tertiary/aromatic N) is 5. The molecule has 4 aromatic rings. The second-order valence-corrected chi connectivity index (χ2v) is 11.2. The van der Waals surface area contributed by atoms with Crippen molar-refractivity contribution in [1.29, 1.82) is 0 Å². The second-order valence-electron chi connectivity index (χ2n) is 9.38. The zero-order valence-electron chi connectivity index (χ0n) is 18.7. The van der Waals surface area contributed by atoms with E-state index in [1.807, 2.05) is 25.1 Å². The van der Waals surface area contributed by atoms with Crippen LogP contribution in [0.1, 0.15) is 17.5 Å². The number of likely N-dealkylation sites (N-methyl/N-ethyl adjacent to an activating group) is 1. The number of aromatic amines is 1. The van der Waals surface area contributed by atoms with Crippen molar-refractivity contribution >= 4 is 32.1 Å². The fourth-order valence-electron chi connectivity index (χ4n) is 5.39. The summed E-state index contributed by atoms with van der Waals surface area (Å²) in [5.41, 5.74) is 2.99. The van der Waals surface area contributed by atoms with Gasteiger partial charge in [0.15, 0.2) is 5.65 Å². The summed E-state index contributed by atoms with van der Waals surface area (Å²) in [5.74, 6) is 0. The highest BCUT2D eigenvalue weighted by molar-refractivity contribution is 7.91. The van der Waals surface area contributed by atoms with E-state index in [4.69, 9.17) is 0 Å². The standard InChI is InChI=1S/C23H24N6O3S/c1-14-4-7-19(15(2)10-14)33(31,32)22-20-24-21(30)17-6-5-16(11-18(17)29(20)26-25-22)28-9-8-23(28)12-27(3)13-23/h4-7,10-11H,8-9,12-13H2,1-3H3,(H,24,30). The van der Waals surface area contributed by atoms with Crippen LogP contribution in [0.5, 0.6) is 0 Å². The van der Waals surface area contributed by atoms with Crippen LogP contribution in [0.4, 0.5) is 5.69 Å². The Morgan fingerprint density at radius 3 is 2.55 bits per heavy atom. The van der Waals surface area contributed by atoms with Gasteiger partial charge in [-0.1, -0.05) is 22.9 Å². The third kappa shape index (κ3) is 2.80. The highest BCUT2D eigenvalue weighted by Gasteiger charge is 2.52. The van der Waals surface area contributed by atoms with E-state index in [1.165, 1.54) is 4.52 Å². The minimum Gasteiger partial charge on any atom is -0.363 e. The minimum atomic E-state index is -3.98. The molecule has 10 heteroatoms. The van der Waals surface area contributed by atoms with Crippen LogP contribution < -0.4 is 10.5 Å². The van der Waals surface area contributed by atoms with E-state index in [9.17, 15) is 13.2 Å². The van der Waals surface area contributed by atoms with Crippen LogP contribution in [-0.2, 0) is 9.84 Å². The predicted molar refractivity (Wildman–Crippen MR) is 125 cm³/mol. The van der Waals surface area contributed by atoms with E-state index in [1.54, 1.807) is 25.1 Å². The van der Waals surface area contributed by atoms with Gasteiger partial charge in [0, 0.05) is 25.3 Å². The van der Waals surface area contributed by atoms with Gasteiger partial charge in [-0.2, -0.15) is 4.52 Å². The molecule has 2 saturated heterocycles. The zero-order valence-corrected chi connectivity index (χ0v) is 19.5. The van der Waals surface area contributed by atoms with Crippen LogP contribution in [0.25, 0.3) is 16.6 Å². The number of anilines is 1. The average molecular weight is 465 g/mol. The maximum Gasteiger partial charge on any atom is 0.259 e. The van der Waals surface area contributed by atoms with Crippen molar-refractivity contribution in [2.24, 2.45) is 0 Å². The van der Waals surface area contributed by atoms with Crippen molar-refractivity contribution < 1.29 is 8.42 Å². The van der Waals surface area contributed by atoms with Gasteiger partial charge in [-0.25, -0.2) is 8.42 Å². The van der Waals surface area contributed by atoms with Gasteiger partial charge in [0.1, 0.15) is 0 Å². The van der Waals surface area contributed by atoms with Crippen LogP contribution in [0.2, 0.25) is 0 Å². The molecule has 9 nitrogen and oxygen atoms in total. The Kier molecular flexibility index (Phi) is 4.10. The SMILES string of the molecule is Cc1ccc(S(=O)(=O)c2nnn3c2[nH]c(=O)c2ccc(N4CCC45CN(C)C5)cc23)c(C)c1.